The van der Waals surface area contributed by atoms with Crippen LogP contribution in [0, 0.1) is 11.3 Å². The van der Waals surface area contributed by atoms with Crippen LogP contribution in [0.15, 0.2) is 28.7 Å². The second kappa shape index (κ2) is 4.45. The first kappa shape index (κ1) is 10.8. The van der Waals surface area contributed by atoms with Gasteiger partial charge in [-0.25, -0.2) is 4.68 Å². The molecule has 0 saturated carbocycles. The third-order valence-electron chi connectivity index (χ3n) is 2.26. The maximum absolute atomic E-state index is 8.97. The van der Waals surface area contributed by atoms with E-state index in [1.165, 1.54) is 0 Å². The van der Waals surface area contributed by atoms with E-state index in [0.29, 0.717) is 12.2 Å². The number of aromatic nitrogens is 3. The Labute approximate surface area is 102 Å². The molecule has 0 fully saturated rings. The number of aryl methyl sites for hydroxylation is 1. The molecule has 0 saturated heterocycles. The van der Waals surface area contributed by atoms with Crippen LogP contribution in [0.3, 0.4) is 0 Å². The van der Waals surface area contributed by atoms with Crippen molar-refractivity contribution in [1.29, 1.82) is 5.26 Å². The fourth-order valence-corrected chi connectivity index (χ4v) is 1.77. The maximum atomic E-state index is 8.97. The molecule has 0 amide bonds. The summed E-state index contributed by atoms with van der Waals surface area (Å²) in [6.07, 6.45) is 0. The number of rotatable bonds is 2. The molecule has 0 atom stereocenters. The van der Waals surface area contributed by atoms with Crippen molar-refractivity contribution in [2.75, 3.05) is 0 Å². The molecule has 0 N–H and O–H groups in total. The lowest BCUT2D eigenvalue weighted by Gasteiger charge is -2.03. The minimum atomic E-state index is 0.365. The summed E-state index contributed by atoms with van der Waals surface area (Å²) >= 11 is 3.38. The summed E-state index contributed by atoms with van der Waals surface area (Å²) < 4.78 is 2.73. The van der Waals surface area contributed by atoms with Crippen molar-refractivity contribution in [3.05, 3.63) is 34.4 Å². The lowest BCUT2D eigenvalue weighted by Crippen LogP contribution is -1.99. The quantitative estimate of drug-likeness (QED) is 0.847. The fourth-order valence-electron chi connectivity index (χ4n) is 1.50. The van der Waals surface area contributed by atoms with Crippen LogP contribution in [0.4, 0.5) is 0 Å². The average molecular weight is 277 g/mol. The second-order valence-corrected chi connectivity index (χ2v) is 4.14. The highest BCUT2D eigenvalue weighted by Gasteiger charge is 2.13. The highest BCUT2D eigenvalue weighted by molar-refractivity contribution is 9.10. The third kappa shape index (κ3) is 1.84. The number of halogens is 1. The minimum Gasteiger partial charge on any atom is -0.244 e. The highest BCUT2D eigenvalue weighted by atomic mass is 79.9. The van der Waals surface area contributed by atoms with Crippen LogP contribution in [-0.2, 0) is 6.54 Å². The van der Waals surface area contributed by atoms with Gasteiger partial charge in [-0.2, -0.15) is 5.26 Å². The Morgan fingerprint density at radius 3 is 2.62 bits per heavy atom. The van der Waals surface area contributed by atoms with E-state index >= 15 is 0 Å². The van der Waals surface area contributed by atoms with Crippen molar-refractivity contribution in [3.8, 4) is 17.3 Å². The largest absolute Gasteiger partial charge is 0.244 e. The SMILES string of the molecule is CCn1nnc(C#N)c1-c1ccc(Br)cc1. The Balaban J connectivity index is 2.58. The van der Waals surface area contributed by atoms with Gasteiger partial charge in [-0.3, -0.25) is 0 Å². The molecule has 0 spiro atoms. The predicted molar refractivity (Wildman–Crippen MR) is 63.5 cm³/mol. The van der Waals surface area contributed by atoms with E-state index in [-0.39, 0.29) is 0 Å². The van der Waals surface area contributed by atoms with Crippen molar-refractivity contribution in [1.82, 2.24) is 15.0 Å². The number of nitrogens with zero attached hydrogens (tertiary/aromatic N) is 4. The molecule has 0 aliphatic rings. The van der Waals surface area contributed by atoms with Gasteiger partial charge in [-0.05, 0) is 19.1 Å². The Kier molecular flexibility index (Phi) is 3.02. The summed E-state index contributed by atoms with van der Waals surface area (Å²) in [4.78, 5) is 0. The summed E-state index contributed by atoms with van der Waals surface area (Å²) in [5.41, 5.74) is 2.09. The smallest absolute Gasteiger partial charge is 0.190 e. The molecule has 2 aromatic rings. The van der Waals surface area contributed by atoms with Crippen LogP contribution in [0.2, 0.25) is 0 Å². The van der Waals surface area contributed by atoms with Crippen LogP contribution in [-0.4, -0.2) is 15.0 Å². The van der Waals surface area contributed by atoms with Crippen LogP contribution >= 0.6 is 15.9 Å². The monoisotopic (exact) mass is 276 g/mol. The molecule has 4 nitrogen and oxygen atoms in total. The van der Waals surface area contributed by atoms with Gasteiger partial charge in [0, 0.05) is 16.6 Å². The maximum Gasteiger partial charge on any atom is 0.190 e. The van der Waals surface area contributed by atoms with Crippen LogP contribution in [0.1, 0.15) is 12.6 Å². The lowest BCUT2D eigenvalue weighted by atomic mass is 10.1. The van der Waals surface area contributed by atoms with Crippen molar-refractivity contribution in [3.63, 3.8) is 0 Å². The summed E-state index contributed by atoms with van der Waals surface area (Å²) in [6.45, 7) is 2.66. The Bertz CT molecular complexity index is 536. The molecule has 1 aromatic heterocycles. The number of benzene rings is 1. The molecule has 16 heavy (non-hydrogen) atoms. The molecular formula is C11H9BrN4. The minimum absolute atomic E-state index is 0.365. The zero-order valence-corrected chi connectivity index (χ0v) is 10.3. The lowest BCUT2D eigenvalue weighted by molar-refractivity contribution is 0.632. The first-order valence-electron chi connectivity index (χ1n) is 4.85. The van der Waals surface area contributed by atoms with Crippen molar-refractivity contribution < 1.29 is 0 Å². The Hall–Kier alpha value is -1.67. The topological polar surface area (TPSA) is 54.5 Å². The van der Waals surface area contributed by atoms with Crippen LogP contribution in [0.5, 0.6) is 0 Å². The van der Waals surface area contributed by atoms with Gasteiger partial charge in [0.25, 0.3) is 0 Å². The first-order chi connectivity index (χ1) is 7.76. The fraction of sp³-hybridized carbons (Fsp3) is 0.182. The Morgan fingerprint density at radius 2 is 2.06 bits per heavy atom. The first-order valence-corrected chi connectivity index (χ1v) is 5.65. The zero-order valence-electron chi connectivity index (χ0n) is 8.68. The van der Waals surface area contributed by atoms with E-state index in [4.69, 9.17) is 5.26 Å². The van der Waals surface area contributed by atoms with E-state index in [0.717, 1.165) is 15.7 Å². The number of nitriles is 1. The van der Waals surface area contributed by atoms with Crippen molar-refractivity contribution in [2.45, 2.75) is 13.5 Å². The molecule has 1 heterocycles. The zero-order chi connectivity index (χ0) is 11.5. The van der Waals surface area contributed by atoms with E-state index < -0.39 is 0 Å². The van der Waals surface area contributed by atoms with Gasteiger partial charge in [0.15, 0.2) is 5.69 Å². The highest BCUT2D eigenvalue weighted by Crippen LogP contribution is 2.23. The summed E-state index contributed by atoms with van der Waals surface area (Å²) in [6, 6.07) is 9.81. The molecule has 0 unspecified atom stereocenters. The molecule has 0 radical (unpaired) electrons. The Morgan fingerprint density at radius 1 is 1.38 bits per heavy atom. The van der Waals surface area contributed by atoms with Gasteiger partial charge < -0.3 is 0 Å². The van der Waals surface area contributed by atoms with Crippen molar-refractivity contribution in [2.24, 2.45) is 0 Å². The number of hydrogen-bond acceptors (Lipinski definition) is 3. The van der Waals surface area contributed by atoms with Gasteiger partial charge >= 0.3 is 0 Å². The summed E-state index contributed by atoms with van der Waals surface area (Å²) in [5, 5.41) is 16.7. The average Bonchev–Trinajstić information content (AvgIpc) is 2.73. The van der Waals surface area contributed by atoms with E-state index in [1.54, 1.807) is 4.68 Å². The standard InChI is InChI=1S/C11H9BrN4/c1-2-16-11(10(7-13)14-15-16)8-3-5-9(12)6-4-8/h3-6H,2H2,1H3. The predicted octanol–water partition coefficient (Wildman–Crippen LogP) is 2.60. The van der Waals surface area contributed by atoms with E-state index in [1.807, 2.05) is 31.2 Å². The molecule has 0 aliphatic heterocycles. The normalized spacial score (nSPS) is 10.1. The van der Waals surface area contributed by atoms with E-state index in [2.05, 4.69) is 32.3 Å². The number of hydrogen-bond donors (Lipinski definition) is 0. The van der Waals surface area contributed by atoms with Gasteiger partial charge in [0.2, 0.25) is 0 Å². The molecular weight excluding hydrogens is 268 g/mol. The summed E-state index contributed by atoms with van der Waals surface area (Å²) in [5.74, 6) is 0. The summed E-state index contributed by atoms with van der Waals surface area (Å²) in [7, 11) is 0. The van der Waals surface area contributed by atoms with Crippen LogP contribution < -0.4 is 0 Å². The molecule has 5 heteroatoms. The van der Waals surface area contributed by atoms with Gasteiger partial charge in [0.05, 0.1) is 0 Å². The molecule has 0 aliphatic carbocycles. The molecule has 2 rings (SSSR count). The molecule has 1 aromatic carbocycles. The van der Waals surface area contributed by atoms with E-state index in [9.17, 15) is 0 Å². The molecule has 80 valence electrons. The van der Waals surface area contributed by atoms with Gasteiger partial charge in [0.1, 0.15) is 11.8 Å². The molecule has 0 bridgehead atoms. The van der Waals surface area contributed by atoms with Gasteiger partial charge in [-0.1, -0.05) is 33.3 Å². The van der Waals surface area contributed by atoms with Gasteiger partial charge in [-0.15, -0.1) is 5.10 Å². The second-order valence-electron chi connectivity index (χ2n) is 3.22. The van der Waals surface area contributed by atoms with Crippen molar-refractivity contribution >= 4 is 15.9 Å². The third-order valence-corrected chi connectivity index (χ3v) is 2.79. The van der Waals surface area contributed by atoms with Crippen LogP contribution in [0.25, 0.3) is 11.3 Å².